The molecule has 3 aromatic rings. The first-order valence-electron chi connectivity index (χ1n) is 8.99. The highest BCUT2D eigenvalue weighted by molar-refractivity contribution is 5.82. The standard InChI is InChI=1S/C18H21N5O6/c19-15-12-16(23(8-20-12)17-14(27)13(26)10(7-24)28-17)22-18(21-15)29-11(25)6-9-4-2-1-3-5-9/h1-5,8,10-11,13-14,17,24-27H,6-7H2,(H2,19,21,22)/t10-,11?,13-,14-,17-/m1/s1. The van der Waals surface area contributed by atoms with E-state index in [1.165, 1.54) is 10.9 Å². The van der Waals surface area contributed by atoms with Gasteiger partial charge in [-0.2, -0.15) is 9.97 Å². The summed E-state index contributed by atoms with van der Waals surface area (Å²) < 4.78 is 12.3. The third-order valence-electron chi connectivity index (χ3n) is 4.71. The Bertz CT molecular complexity index is 984. The fourth-order valence-corrected chi connectivity index (χ4v) is 3.25. The van der Waals surface area contributed by atoms with Crippen molar-refractivity contribution in [3.8, 4) is 6.01 Å². The molecular formula is C18H21N5O6. The van der Waals surface area contributed by atoms with Gasteiger partial charge in [0.1, 0.15) is 18.3 Å². The lowest BCUT2D eigenvalue weighted by atomic mass is 10.1. The van der Waals surface area contributed by atoms with Crippen LogP contribution < -0.4 is 10.5 Å². The third-order valence-corrected chi connectivity index (χ3v) is 4.71. The maximum atomic E-state index is 10.3. The topological polar surface area (TPSA) is 169 Å². The molecule has 5 atom stereocenters. The number of hydrogen-bond acceptors (Lipinski definition) is 10. The van der Waals surface area contributed by atoms with E-state index in [0.717, 1.165) is 5.56 Å². The van der Waals surface area contributed by atoms with Crippen LogP contribution in [-0.4, -0.2) is 71.2 Å². The molecule has 154 valence electrons. The van der Waals surface area contributed by atoms with Gasteiger partial charge in [0.15, 0.2) is 23.2 Å². The molecule has 1 fully saturated rings. The van der Waals surface area contributed by atoms with Crippen molar-refractivity contribution in [2.24, 2.45) is 0 Å². The van der Waals surface area contributed by atoms with Crippen molar-refractivity contribution in [3.05, 3.63) is 42.2 Å². The van der Waals surface area contributed by atoms with Gasteiger partial charge in [0.05, 0.1) is 12.9 Å². The van der Waals surface area contributed by atoms with Crippen molar-refractivity contribution in [2.75, 3.05) is 12.3 Å². The van der Waals surface area contributed by atoms with Crippen LogP contribution >= 0.6 is 0 Å². The normalized spacial score (nSPS) is 25.4. The van der Waals surface area contributed by atoms with Gasteiger partial charge in [0, 0.05) is 6.42 Å². The second kappa shape index (κ2) is 7.89. The molecule has 0 saturated carbocycles. The zero-order valence-corrected chi connectivity index (χ0v) is 15.2. The molecule has 2 aromatic heterocycles. The summed E-state index contributed by atoms with van der Waals surface area (Å²) in [7, 11) is 0. The van der Waals surface area contributed by atoms with E-state index in [-0.39, 0.29) is 29.4 Å². The molecule has 4 rings (SSSR count). The van der Waals surface area contributed by atoms with Crippen LogP contribution in [0.5, 0.6) is 6.01 Å². The molecule has 11 heteroatoms. The number of hydrogen-bond donors (Lipinski definition) is 5. The van der Waals surface area contributed by atoms with Gasteiger partial charge in [-0.25, -0.2) is 4.98 Å². The summed E-state index contributed by atoms with van der Waals surface area (Å²) in [6.45, 7) is -0.460. The Balaban J connectivity index is 1.60. The minimum absolute atomic E-state index is 0.0161. The number of nitrogens with two attached hydrogens (primary N) is 1. The van der Waals surface area contributed by atoms with Gasteiger partial charge in [-0.15, -0.1) is 0 Å². The molecule has 0 spiro atoms. The first kappa shape index (κ1) is 19.5. The summed E-state index contributed by atoms with van der Waals surface area (Å²) in [5, 5.41) is 39.7. The highest BCUT2D eigenvalue weighted by Crippen LogP contribution is 2.32. The van der Waals surface area contributed by atoms with E-state index in [1.54, 1.807) is 0 Å². The van der Waals surface area contributed by atoms with Gasteiger partial charge < -0.3 is 35.6 Å². The van der Waals surface area contributed by atoms with Crippen molar-refractivity contribution >= 4 is 17.0 Å². The van der Waals surface area contributed by atoms with E-state index in [0.29, 0.717) is 0 Å². The van der Waals surface area contributed by atoms with Crippen LogP contribution in [0.4, 0.5) is 5.82 Å². The summed E-state index contributed by atoms with van der Waals surface area (Å²) in [4.78, 5) is 12.3. The molecule has 6 N–H and O–H groups in total. The molecule has 3 heterocycles. The maximum absolute atomic E-state index is 10.3. The Morgan fingerprint density at radius 1 is 1.17 bits per heavy atom. The quantitative estimate of drug-likeness (QED) is 0.320. The molecule has 0 bridgehead atoms. The van der Waals surface area contributed by atoms with E-state index in [9.17, 15) is 20.4 Å². The number of nitrogen functional groups attached to an aromatic ring is 1. The number of aromatic nitrogens is 4. The zero-order valence-electron chi connectivity index (χ0n) is 15.2. The highest BCUT2D eigenvalue weighted by atomic mass is 16.6. The number of rotatable bonds is 6. The van der Waals surface area contributed by atoms with E-state index >= 15 is 0 Å². The average Bonchev–Trinajstić information content (AvgIpc) is 3.24. The number of aliphatic hydroxyl groups excluding tert-OH is 4. The van der Waals surface area contributed by atoms with Gasteiger partial charge in [-0.1, -0.05) is 30.3 Å². The molecule has 1 unspecified atom stereocenters. The Morgan fingerprint density at radius 2 is 1.93 bits per heavy atom. The largest absolute Gasteiger partial charge is 0.433 e. The van der Waals surface area contributed by atoms with Gasteiger partial charge in [-0.3, -0.25) is 4.57 Å². The van der Waals surface area contributed by atoms with Gasteiger partial charge in [-0.05, 0) is 5.56 Å². The minimum Gasteiger partial charge on any atom is -0.433 e. The summed E-state index contributed by atoms with van der Waals surface area (Å²) in [6.07, 6.45) is -4.23. The number of imidazole rings is 1. The van der Waals surface area contributed by atoms with Crippen LogP contribution in [0, 0.1) is 0 Å². The van der Waals surface area contributed by atoms with E-state index in [1.807, 2.05) is 30.3 Å². The van der Waals surface area contributed by atoms with Crippen LogP contribution in [0.3, 0.4) is 0 Å². The molecule has 29 heavy (non-hydrogen) atoms. The molecule has 1 saturated heterocycles. The fourth-order valence-electron chi connectivity index (χ4n) is 3.25. The zero-order chi connectivity index (χ0) is 20.5. The molecule has 0 amide bonds. The van der Waals surface area contributed by atoms with E-state index < -0.39 is 37.4 Å². The average molecular weight is 403 g/mol. The van der Waals surface area contributed by atoms with Gasteiger partial charge in [0.25, 0.3) is 0 Å². The number of aliphatic hydroxyl groups is 4. The Hall–Kier alpha value is -2.83. The lowest BCUT2D eigenvalue weighted by Gasteiger charge is -2.17. The number of benzene rings is 1. The third kappa shape index (κ3) is 3.73. The fraction of sp³-hybridized carbons (Fsp3) is 0.389. The molecule has 1 aromatic carbocycles. The van der Waals surface area contributed by atoms with Crippen molar-refractivity contribution in [1.82, 2.24) is 19.5 Å². The van der Waals surface area contributed by atoms with Crippen molar-refractivity contribution in [1.29, 1.82) is 0 Å². The minimum atomic E-state index is -1.31. The van der Waals surface area contributed by atoms with Crippen molar-refractivity contribution in [2.45, 2.75) is 37.3 Å². The second-order valence-corrected chi connectivity index (χ2v) is 6.71. The maximum Gasteiger partial charge on any atom is 0.322 e. The van der Waals surface area contributed by atoms with E-state index in [4.69, 9.17) is 15.2 Å². The Kier molecular flexibility index (Phi) is 5.30. The summed E-state index contributed by atoms with van der Waals surface area (Å²) in [6, 6.07) is 9.09. The van der Waals surface area contributed by atoms with Crippen LogP contribution in [-0.2, 0) is 11.2 Å². The lowest BCUT2D eigenvalue weighted by molar-refractivity contribution is -0.0512. The van der Waals surface area contributed by atoms with Crippen LogP contribution in [0.25, 0.3) is 11.2 Å². The van der Waals surface area contributed by atoms with Crippen molar-refractivity contribution in [3.63, 3.8) is 0 Å². The lowest BCUT2D eigenvalue weighted by Crippen LogP contribution is -2.33. The smallest absolute Gasteiger partial charge is 0.322 e. The Morgan fingerprint density at radius 3 is 2.62 bits per heavy atom. The number of ether oxygens (including phenoxy) is 2. The first-order chi connectivity index (χ1) is 14.0. The predicted molar refractivity (Wildman–Crippen MR) is 99.5 cm³/mol. The van der Waals surface area contributed by atoms with Crippen LogP contribution in [0.15, 0.2) is 36.7 Å². The van der Waals surface area contributed by atoms with Gasteiger partial charge >= 0.3 is 6.01 Å². The molecular weight excluding hydrogens is 382 g/mol. The second-order valence-electron chi connectivity index (χ2n) is 6.71. The SMILES string of the molecule is Nc1nc(OC(O)Cc2ccccc2)nc2c1ncn2[C@@H]1O[C@H](CO)[C@@H](O)[C@H]1O. The number of nitrogens with zero attached hydrogens (tertiary/aromatic N) is 4. The molecule has 0 aliphatic carbocycles. The van der Waals surface area contributed by atoms with Gasteiger partial charge in [0.2, 0.25) is 6.29 Å². The van der Waals surface area contributed by atoms with E-state index in [2.05, 4.69) is 15.0 Å². The van der Waals surface area contributed by atoms with Crippen molar-refractivity contribution < 1.29 is 29.9 Å². The predicted octanol–water partition coefficient (Wildman–Crippen LogP) is -1.04. The molecule has 11 nitrogen and oxygen atoms in total. The molecule has 1 aliphatic rings. The van der Waals surface area contributed by atoms with Crippen LogP contribution in [0.2, 0.25) is 0 Å². The summed E-state index contributed by atoms with van der Waals surface area (Å²) in [5.74, 6) is 0.0161. The Labute approximate surface area is 165 Å². The number of anilines is 1. The molecule has 1 aliphatic heterocycles. The summed E-state index contributed by atoms with van der Waals surface area (Å²) in [5.41, 5.74) is 7.23. The summed E-state index contributed by atoms with van der Waals surface area (Å²) >= 11 is 0. The molecule has 0 radical (unpaired) electrons. The number of fused-ring (bicyclic) bond motifs is 1. The van der Waals surface area contributed by atoms with Crippen LogP contribution in [0.1, 0.15) is 11.8 Å². The highest BCUT2D eigenvalue weighted by Gasteiger charge is 2.44. The monoisotopic (exact) mass is 403 g/mol. The first-order valence-corrected chi connectivity index (χ1v) is 8.99.